The third kappa shape index (κ3) is 3.52. The smallest absolute Gasteiger partial charge is 0.411 e. The molecule has 8 heteroatoms. The molecule has 5 N–H and O–H groups in total. The lowest BCUT2D eigenvalue weighted by Gasteiger charge is -2.45. The van der Waals surface area contributed by atoms with Crippen molar-refractivity contribution in [3.63, 3.8) is 0 Å². The molecule has 1 aromatic carbocycles. The Morgan fingerprint density at radius 2 is 1.92 bits per heavy atom. The van der Waals surface area contributed by atoms with Gasteiger partial charge in [-0.15, -0.1) is 0 Å². The molecule has 1 amide bonds. The Kier molecular flexibility index (Phi) is 4.78. The molecule has 0 saturated heterocycles. The number of aliphatic imine (C=N–C) groups is 2. The molecule has 134 valence electrons. The van der Waals surface area contributed by atoms with E-state index in [1.165, 1.54) is 6.42 Å². The Morgan fingerprint density at radius 3 is 2.56 bits per heavy atom. The van der Waals surface area contributed by atoms with Gasteiger partial charge in [-0.2, -0.15) is 4.99 Å². The third-order valence-electron chi connectivity index (χ3n) is 4.50. The van der Waals surface area contributed by atoms with Gasteiger partial charge in [0.1, 0.15) is 5.66 Å². The molecule has 1 saturated carbocycles. The third-order valence-corrected chi connectivity index (χ3v) is 4.50. The van der Waals surface area contributed by atoms with Crippen LogP contribution in [0, 0.1) is 0 Å². The number of nitrogens with two attached hydrogens (primary N) is 2. The van der Waals surface area contributed by atoms with E-state index < -0.39 is 11.8 Å². The maximum atomic E-state index is 11.5. The first kappa shape index (κ1) is 17.1. The molecule has 1 aliphatic carbocycles. The SMILES string of the molecule is CCOC(=O)Nc1ccc(N2C(N)=NC(N)=NC23CCCCC3)cc1. The maximum absolute atomic E-state index is 11.5. The molecule has 1 aromatic rings. The first-order valence-electron chi connectivity index (χ1n) is 8.58. The number of anilines is 2. The Balaban J connectivity index is 1.86. The zero-order chi connectivity index (χ0) is 17.9. The predicted octanol–water partition coefficient (Wildman–Crippen LogP) is 2.36. The average Bonchev–Trinajstić information content (AvgIpc) is 2.56. The molecule has 2 aliphatic rings. The molecule has 0 atom stereocenters. The van der Waals surface area contributed by atoms with Gasteiger partial charge in [0.05, 0.1) is 6.61 Å². The standard InChI is InChI=1S/C17H24N6O2/c1-2-25-16(24)20-12-6-8-13(9-7-12)23-15(19)21-14(18)22-17(23)10-4-3-5-11-17/h6-9H,2-5,10-11H2,1H3,(H,20,24)(H4,18,19,21,22). The normalized spacial score (nSPS) is 19.2. The summed E-state index contributed by atoms with van der Waals surface area (Å²) in [7, 11) is 0. The number of amides is 1. The van der Waals surface area contributed by atoms with Gasteiger partial charge in [0.15, 0.2) is 0 Å². The summed E-state index contributed by atoms with van der Waals surface area (Å²) < 4.78 is 4.88. The summed E-state index contributed by atoms with van der Waals surface area (Å²) in [6.07, 6.45) is 4.62. The monoisotopic (exact) mass is 344 g/mol. The molecule has 3 rings (SSSR count). The van der Waals surface area contributed by atoms with Crippen molar-refractivity contribution in [3.05, 3.63) is 24.3 Å². The second kappa shape index (κ2) is 7.00. The molecule has 1 spiro atoms. The van der Waals surface area contributed by atoms with Crippen LogP contribution < -0.4 is 21.7 Å². The topological polar surface area (TPSA) is 118 Å². The molecular formula is C17H24N6O2. The van der Waals surface area contributed by atoms with Crippen LogP contribution in [0.3, 0.4) is 0 Å². The van der Waals surface area contributed by atoms with Crippen molar-refractivity contribution in [1.82, 2.24) is 0 Å². The Bertz CT molecular complexity index is 692. The minimum absolute atomic E-state index is 0.233. The predicted molar refractivity (Wildman–Crippen MR) is 98.6 cm³/mol. The van der Waals surface area contributed by atoms with Crippen molar-refractivity contribution in [3.8, 4) is 0 Å². The Labute approximate surface area is 146 Å². The highest BCUT2D eigenvalue weighted by atomic mass is 16.5. The van der Waals surface area contributed by atoms with E-state index in [0.717, 1.165) is 31.4 Å². The fourth-order valence-electron chi connectivity index (χ4n) is 3.47. The van der Waals surface area contributed by atoms with Gasteiger partial charge in [-0.05, 0) is 56.9 Å². The average molecular weight is 344 g/mol. The zero-order valence-electron chi connectivity index (χ0n) is 14.4. The summed E-state index contributed by atoms with van der Waals surface area (Å²) >= 11 is 0. The molecule has 1 heterocycles. The van der Waals surface area contributed by atoms with Crippen LogP contribution in [-0.4, -0.2) is 30.3 Å². The van der Waals surface area contributed by atoms with Gasteiger partial charge in [0.25, 0.3) is 0 Å². The summed E-state index contributed by atoms with van der Waals surface area (Å²) in [4.78, 5) is 22.3. The fourth-order valence-corrected chi connectivity index (χ4v) is 3.47. The first-order valence-corrected chi connectivity index (χ1v) is 8.58. The summed E-state index contributed by atoms with van der Waals surface area (Å²) in [5.41, 5.74) is 13.1. The summed E-state index contributed by atoms with van der Waals surface area (Å²) in [6.45, 7) is 2.09. The van der Waals surface area contributed by atoms with E-state index in [1.54, 1.807) is 19.1 Å². The van der Waals surface area contributed by atoms with Crippen LogP contribution in [0.15, 0.2) is 34.3 Å². The largest absolute Gasteiger partial charge is 0.450 e. The number of hydrogen-bond donors (Lipinski definition) is 3. The quantitative estimate of drug-likeness (QED) is 0.778. The highest BCUT2D eigenvalue weighted by Gasteiger charge is 2.42. The highest BCUT2D eigenvalue weighted by molar-refractivity contribution is 6.05. The zero-order valence-corrected chi connectivity index (χ0v) is 14.4. The lowest BCUT2D eigenvalue weighted by Crippen LogP contribution is -2.58. The number of hydrogen-bond acceptors (Lipinski definition) is 7. The molecule has 1 aliphatic heterocycles. The number of nitrogens with zero attached hydrogens (tertiary/aromatic N) is 3. The number of rotatable bonds is 3. The number of carbonyl (C=O) groups excluding carboxylic acids is 1. The van der Waals surface area contributed by atoms with E-state index in [2.05, 4.69) is 15.3 Å². The van der Waals surface area contributed by atoms with Gasteiger partial charge in [-0.25, -0.2) is 9.79 Å². The minimum Gasteiger partial charge on any atom is -0.450 e. The highest BCUT2D eigenvalue weighted by Crippen LogP contribution is 2.39. The van der Waals surface area contributed by atoms with E-state index in [1.807, 2.05) is 17.0 Å². The van der Waals surface area contributed by atoms with Crippen LogP contribution in [-0.2, 0) is 4.74 Å². The summed E-state index contributed by atoms with van der Waals surface area (Å²) in [5.74, 6) is 0.580. The van der Waals surface area contributed by atoms with Gasteiger partial charge in [-0.3, -0.25) is 10.2 Å². The van der Waals surface area contributed by atoms with Crippen molar-refractivity contribution < 1.29 is 9.53 Å². The van der Waals surface area contributed by atoms with E-state index in [9.17, 15) is 4.79 Å². The van der Waals surface area contributed by atoms with Crippen LogP contribution in [0.4, 0.5) is 16.2 Å². The minimum atomic E-state index is -0.476. The number of ether oxygens (including phenoxy) is 1. The van der Waals surface area contributed by atoms with Crippen molar-refractivity contribution in [2.45, 2.75) is 44.7 Å². The van der Waals surface area contributed by atoms with E-state index in [4.69, 9.17) is 16.2 Å². The van der Waals surface area contributed by atoms with Crippen LogP contribution >= 0.6 is 0 Å². The van der Waals surface area contributed by atoms with Crippen molar-refractivity contribution in [1.29, 1.82) is 0 Å². The van der Waals surface area contributed by atoms with Crippen LogP contribution in [0.1, 0.15) is 39.0 Å². The van der Waals surface area contributed by atoms with Crippen LogP contribution in [0.25, 0.3) is 0 Å². The van der Waals surface area contributed by atoms with Crippen molar-refractivity contribution in [2.75, 3.05) is 16.8 Å². The maximum Gasteiger partial charge on any atom is 0.411 e. The van der Waals surface area contributed by atoms with E-state index in [0.29, 0.717) is 18.3 Å². The second-order valence-electron chi connectivity index (χ2n) is 6.21. The Morgan fingerprint density at radius 1 is 1.24 bits per heavy atom. The summed E-state index contributed by atoms with van der Waals surface area (Å²) in [6, 6.07) is 7.38. The van der Waals surface area contributed by atoms with Crippen LogP contribution in [0.2, 0.25) is 0 Å². The van der Waals surface area contributed by atoms with Crippen molar-refractivity contribution in [2.24, 2.45) is 21.5 Å². The van der Waals surface area contributed by atoms with Crippen molar-refractivity contribution >= 4 is 29.4 Å². The lowest BCUT2D eigenvalue weighted by molar-refractivity contribution is 0.168. The molecule has 0 aromatic heterocycles. The molecule has 25 heavy (non-hydrogen) atoms. The molecule has 1 fully saturated rings. The van der Waals surface area contributed by atoms with Gasteiger partial charge in [-0.1, -0.05) is 6.42 Å². The molecule has 0 unspecified atom stereocenters. The molecular weight excluding hydrogens is 320 g/mol. The Hall–Kier alpha value is -2.77. The van der Waals surface area contributed by atoms with E-state index >= 15 is 0 Å². The van der Waals surface area contributed by atoms with E-state index in [-0.39, 0.29) is 5.96 Å². The van der Waals surface area contributed by atoms with Gasteiger partial charge in [0.2, 0.25) is 11.9 Å². The fraction of sp³-hybridized carbons (Fsp3) is 0.471. The van der Waals surface area contributed by atoms with Gasteiger partial charge in [0, 0.05) is 11.4 Å². The molecule has 8 nitrogen and oxygen atoms in total. The molecule has 0 bridgehead atoms. The number of benzene rings is 1. The number of carbonyl (C=O) groups is 1. The van der Waals surface area contributed by atoms with Crippen LogP contribution in [0.5, 0.6) is 0 Å². The van der Waals surface area contributed by atoms with Gasteiger partial charge >= 0.3 is 6.09 Å². The van der Waals surface area contributed by atoms with Gasteiger partial charge < -0.3 is 16.2 Å². The molecule has 0 radical (unpaired) electrons. The number of guanidine groups is 2. The first-order chi connectivity index (χ1) is 12.0. The lowest BCUT2D eigenvalue weighted by atomic mass is 9.87. The second-order valence-corrected chi connectivity index (χ2v) is 6.21. The number of nitrogens with one attached hydrogen (secondary N) is 1. The summed E-state index contributed by atoms with van der Waals surface area (Å²) in [5, 5.41) is 2.67.